The lowest BCUT2D eigenvalue weighted by atomic mass is 10.2. The molecule has 1 aliphatic rings. The molecule has 0 atom stereocenters. The van der Waals surface area contributed by atoms with Crippen molar-refractivity contribution < 1.29 is 14.3 Å². The third-order valence-electron chi connectivity index (χ3n) is 4.95. The highest BCUT2D eigenvalue weighted by Crippen LogP contribution is 2.22. The van der Waals surface area contributed by atoms with Crippen LogP contribution < -0.4 is 15.0 Å². The first-order valence-electron chi connectivity index (χ1n) is 9.89. The molecule has 3 aromatic carbocycles. The number of hydrogen-bond donors (Lipinski definition) is 1. The Labute approximate surface area is 181 Å². The van der Waals surface area contributed by atoms with Crippen molar-refractivity contribution in [1.82, 2.24) is 0 Å². The van der Waals surface area contributed by atoms with Crippen LogP contribution in [0, 0.1) is 0 Å². The molecule has 0 radical (unpaired) electrons. The minimum Gasteiger partial charge on any atom is -0.489 e. The van der Waals surface area contributed by atoms with E-state index in [2.05, 4.69) is 10.2 Å². The number of benzene rings is 3. The molecular weight excluding hydrogens is 400 g/mol. The van der Waals surface area contributed by atoms with Crippen molar-refractivity contribution in [2.45, 2.75) is 6.61 Å². The van der Waals surface area contributed by atoms with Crippen LogP contribution in [0.4, 0.5) is 11.4 Å². The fourth-order valence-corrected chi connectivity index (χ4v) is 3.47. The molecule has 1 aliphatic heterocycles. The molecule has 0 bridgehead atoms. The first-order chi connectivity index (χ1) is 14.7. The number of carbonyl (C=O) groups is 1. The van der Waals surface area contributed by atoms with Gasteiger partial charge in [-0.1, -0.05) is 35.9 Å². The van der Waals surface area contributed by atoms with Gasteiger partial charge in [0, 0.05) is 40.6 Å². The van der Waals surface area contributed by atoms with E-state index in [9.17, 15) is 4.79 Å². The lowest BCUT2D eigenvalue weighted by molar-refractivity contribution is 0.102. The van der Waals surface area contributed by atoms with Gasteiger partial charge in [-0.05, 0) is 48.5 Å². The van der Waals surface area contributed by atoms with Crippen molar-refractivity contribution >= 4 is 28.9 Å². The number of nitrogens with zero attached hydrogens (tertiary/aromatic N) is 1. The molecule has 0 unspecified atom stereocenters. The largest absolute Gasteiger partial charge is 0.489 e. The summed E-state index contributed by atoms with van der Waals surface area (Å²) in [5, 5.41) is 3.60. The maximum atomic E-state index is 12.7. The topological polar surface area (TPSA) is 50.8 Å². The van der Waals surface area contributed by atoms with Gasteiger partial charge in [-0.3, -0.25) is 4.79 Å². The predicted octanol–water partition coefficient (Wildman–Crippen LogP) is 5.01. The maximum absolute atomic E-state index is 12.7. The summed E-state index contributed by atoms with van der Waals surface area (Å²) in [5.41, 5.74) is 3.31. The lowest BCUT2D eigenvalue weighted by Crippen LogP contribution is -2.36. The summed E-state index contributed by atoms with van der Waals surface area (Å²) in [6.07, 6.45) is 0. The standard InChI is InChI=1S/C24H23ClN2O3/c25-23-7-2-1-4-19(23)17-30-22-6-3-5-18(16-22)24(28)26-20-8-10-21(11-9-20)27-12-14-29-15-13-27/h1-11,16H,12-15,17H2,(H,26,28). The third kappa shape index (κ3) is 5.12. The minimum absolute atomic E-state index is 0.183. The molecular formula is C24H23ClN2O3. The Kier molecular flexibility index (Phi) is 6.52. The number of carbonyl (C=O) groups excluding carboxylic acids is 1. The Morgan fingerprint density at radius 1 is 1.00 bits per heavy atom. The van der Waals surface area contributed by atoms with Crippen LogP contribution in [0.1, 0.15) is 15.9 Å². The van der Waals surface area contributed by atoms with Crippen molar-refractivity contribution in [2.75, 3.05) is 36.5 Å². The van der Waals surface area contributed by atoms with E-state index in [1.54, 1.807) is 18.2 Å². The van der Waals surface area contributed by atoms with Crippen LogP contribution in [0.15, 0.2) is 72.8 Å². The van der Waals surface area contributed by atoms with Crippen molar-refractivity contribution in [3.8, 4) is 5.75 Å². The number of rotatable bonds is 6. The molecule has 0 saturated carbocycles. The number of halogens is 1. The van der Waals surface area contributed by atoms with Crippen molar-refractivity contribution in [2.24, 2.45) is 0 Å². The fraction of sp³-hybridized carbons (Fsp3) is 0.208. The molecule has 1 heterocycles. The van der Waals surface area contributed by atoms with Crippen LogP contribution in [0.5, 0.6) is 5.75 Å². The van der Waals surface area contributed by atoms with E-state index in [-0.39, 0.29) is 5.91 Å². The van der Waals surface area contributed by atoms with Crippen LogP contribution >= 0.6 is 11.6 Å². The molecule has 0 aliphatic carbocycles. The average Bonchev–Trinajstić information content (AvgIpc) is 2.80. The van der Waals surface area contributed by atoms with E-state index in [1.165, 1.54) is 0 Å². The molecule has 0 spiro atoms. The highest BCUT2D eigenvalue weighted by molar-refractivity contribution is 6.31. The summed E-state index contributed by atoms with van der Waals surface area (Å²) in [6.45, 7) is 3.59. The zero-order valence-corrected chi connectivity index (χ0v) is 17.3. The second-order valence-electron chi connectivity index (χ2n) is 7.01. The number of anilines is 2. The van der Waals surface area contributed by atoms with E-state index in [0.29, 0.717) is 22.9 Å². The van der Waals surface area contributed by atoms with Gasteiger partial charge in [-0.25, -0.2) is 0 Å². The van der Waals surface area contributed by atoms with E-state index in [1.807, 2.05) is 54.6 Å². The molecule has 5 nitrogen and oxygen atoms in total. The molecule has 1 saturated heterocycles. The number of ether oxygens (including phenoxy) is 2. The van der Waals surface area contributed by atoms with Crippen LogP contribution in [0.3, 0.4) is 0 Å². The minimum atomic E-state index is -0.183. The molecule has 1 amide bonds. The summed E-state index contributed by atoms with van der Waals surface area (Å²) >= 11 is 6.17. The lowest BCUT2D eigenvalue weighted by Gasteiger charge is -2.28. The maximum Gasteiger partial charge on any atom is 0.255 e. The van der Waals surface area contributed by atoms with Crippen LogP contribution in [-0.2, 0) is 11.3 Å². The van der Waals surface area contributed by atoms with Gasteiger partial charge >= 0.3 is 0 Å². The molecule has 3 aromatic rings. The smallest absolute Gasteiger partial charge is 0.255 e. The van der Waals surface area contributed by atoms with Crippen molar-refractivity contribution in [1.29, 1.82) is 0 Å². The number of hydrogen-bond acceptors (Lipinski definition) is 4. The number of amides is 1. The summed E-state index contributed by atoms with van der Waals surface area (Å²) in [5.74, 6) is 0.433. The predicted molar refractivity (Wildman–Crippen MR) is 120 cm³/mol. The average molecular weight is 423 g/mol. The van der Waals surface area contributed by atoms with Gasteiger partial charge in [0.15, 0.2) is 0 Å². The summed E-state index contributed by atoms with van der Waals surface area (Å²) in [4.78, 5) is 14.9. The Bertz CT molecular complexity index is 1000. The quantitative estimate of drug-likeness (QED) is 0.606. The van der Waals surface area contributed by atoms with E-state index in [0.717, 1.165) is 43.2 Å². The SMILES string of the molecule is O=C(Nc1ccc(N2CCOCC2)cc1)c1cccc(OCc2ccccc2Cl)c1. The molecule has 30 heavy (non-hydrogen) atoms. The zero-order valence-electron chi connectivity index (χ0n) is 16.5. The normalized spacial score (nSPS) is 13.7. The van der Waals surface area contributed by atoms with Crippen LogP contribution in [0.25, 0.3) is 0 Å². The van der Waals surface area contributed by atoms with E-state index >= 15 is 0 Å². The highest BCUT2D eigenvalue weighted by Gasteiger charge is 2.12. The van der Waals surface area contributed by atoms with Gasteiger partial charge < -0.3 is 19.7 Å². The van der Waals surface area contributed by atoms with Gasteiger partial charge in [0.05, 0.1) is 13.2 Å². The second kappa shape index (κ2) is 9.65. The molecule has 6 heteroatoms. The zero-order chi connectivity index (χ0) is 20.8. The highest BCUT2D eigenvalue weighted by atomic mass is 35.5. The van der Waals surface area contributed by atoms with Gasteiger partial charge in [0.1, 0.15) is 12.4 Å². The summed E-state index contributed by atoms with van der Waals surface area (Å²) in [6, 6.07) is 22.5. The van der Waals surface area contributed by atoms with Crippen LogP contribution in [0.2, 0.25) is 5.02 Å². The van der Waals surface area contributed by atoms with Gasteiger partial charge in [0.25, 0.3) is 5.91 Å². The van der Waals surface area contributed by atoms with E-state index < -0.39 is 0 Å². The summed E-state index contributed by atoms with van der Waals surface area (Å²) < 4.78 is 11.2. The Morgan fingerprint density at radius 2 is 1.77 bits per heavy atom. The second-order valence-corrected chi connectivity index (χ2v) is 7.42. The Hall–Kier alpha value is -3.02. The van der Waals surface area contributed by atoms with Crippen LogP contribution in [-0.4, -0.2) is 32.2 Å². The molecule has 154 valence electrons. The molecule has 1 fully saturated rings. The molecule has 1 N–H and O–H groups in total. The monoisotopic (exact) mass is 422 g/mol. The third-order valence-corrected chi connectivity index (χ3v) is 5.32. The van der Waals surface area contributed by atoms with Crippen molar-refractivity contribution in [3.05, 3.63) is 88.9 Å². The summed E-state index contributed by atoms with van der Waals surface area (Å²) in [7, 11) is 0. The number of morpholine rings is 1. The Balaban J connectivity index is 1.37. The number of nitrogens with one attached hydrogen (secondary N) is 1. The van der Waals surface area contributed by atoms with Crippen molar-refractivity contribution in [3.63, 3.8) is 0 Å². The molecule has 4 rings (SSSR count). The fourth-order valence-electron chi connectivity index (χ4n) is 3.28. The van der Waals surface area contributed by atoms with Gasteiger partial charge in [-0.15, -0.1) is 0 Å². The first kappa shape index (κ1) is 20.3. The van der Waals surface area contributed by atoms with E-state index in [4.69, 9.17) is 21.1 Å². The first-order valence-corrected chi connectivity index (χ1v) is 10.3. The Morgan fingerprint density at radius 3 is 2.53 bits per heavy atom. The van der Waals surface area contributed by atoms with Gasteiger partial charge in [-0.2, -0.15) is 0 Å². The van der Waals surface area contributed by atoms with Gasteiger partial charge in [0.2, 0.25) is 0 Å². The molecule has 0 aromatic heterocycles.